The van der Waals surface area contributed by atoms with Gasteiger partial charge in [-0.25, -0.2) is 0 Å². The van der Waals surface area contributed by atoms with Gasteiger partial charge in [-0.1, -0.05) is 47.0 Å². The predicted molar refractivity (Wildman–Crippen MR) is 169 cm³/mol. The molecule has 7 nitrogen and oxygen atoms in total. The van der Waals surface area contributed by atoms with Gasteiger partial charge < -0.3 is 9.64 Å². The average Bonchev–Trinajstić information content (AvgIpc) is 3.59. The van der Waals surface area contributed by atoms with Crippen molar-refractivity contribution in [1.82, 2.24) is 20.0 Å². The number of fused-ring (bicyclic) bond motifs is 1. The second-order valence-electron chi connectivity index (χ2n) is 12.7. The molecule has 1 aromatic heterocycles. The number of unbranched alkanes of at least 4 members (excludes halogenated alkanes) is 1. The lowest BCUT2D eigenvalue weighted by molar-refractivity contribution is -0.134. The van der Waals surface area contributed by atoms with E-state index in [-0.39, 0.29) is 17.7 Å². The first-order valence-electron chi connectivity index (χ1n) is 15.8. The number of hydrogen-bond acceptors (Lipinski definition) is 5. The number of rotatable bonds is 9. The summed E-state index contributed by atoms with van der Waals surface area (Å²) >= 11 is 3.62. The maximum absolute atomic E-state index is 12.5. The van der Waals surface area contributed by atoms with Crippen LogP contribution in [0.25, 0.3) is 10.9 Å². The zero-order chi connectivity index (χ0) is 29.2. The summed E-state index contributed by atoms with van der Waals surface area (Å²) in [6.07, 6.45) is 11.3. The normalized spacial score (nSPS) is 25.2. The Morgan fingerprint density at radius 3 is 2.69 bits per heavy atom. The highest BCUT2D eigenvalue weighted by atomic mass is 79.9. The molecule has 2 saturated heterocycles. The summed E-state index contributed by atoms with van der Waals surface area (Å²) < 4.78 is 9.37. The van der Waals surface area contributed by atoms with Crippen LogP contribution in [0.4, 0.5) is 0 Å². The number of imide groups is 1. The van der Waals surface area contributed by atoms with Gasteiger partial charge >= 0.3 is 0 Å². The first kappa shape index (κ1) is 29.4. The highest BCUT2D eigenvalue weighted by Gasteiger charge is 2.32. The third-order valence-electron chi connectivity index (χ3n) is 9.86. The van der Waals surface area contributed by atoms with E-state index in [1.54, 1.807) is 0 Å². The van der Waals surface area contributed by atoms with Crippen LogP contribution < -0.4 is 10.1 Å². The first-order chi connectivity index (χ1) is 20.4. The van der Waals surface area contributed by atoms with Crippen molar-refractivity contribution in [1.29, 1.82) is 0 Å². The lowest BCUT2D eigenvalue weighted by Crippen LogP contribution is -2.39. The van der Waals surface area contributed by atoms with E-state index >= 15 is 0 Å². The van der Waals surface area contributed by atoms with Crippen LogP contribution in [0.5, 0.6) is 5.75 Å². The monoisotopic (exact) mass is 634 g/mol. The summed E-state index contributed by atoms with van der Waals surface area (Å²) in [7, 11) is 1.95. The molecule has 0 unspecified atom stereocenters. The molecule has 3 heterocycles. The maximum atomic E-state index is 12.5. The van der Waals surface area contributed by atoms with E-state index < -0.39 is 0 Å². The predicted octanol–water partition coefficient (Wildman–Crippen LogP) is 6.76. The van der Waals surface area contributed by atoms with E-state index in [2.05, 4.69) is 69.5 Å². The van der Waals surface area contributed by atoms with Crippen LogP contribution >= 0.6 is 15.9 Å². The van der Waals surface area contributed by atoms with Gasteiger partial charge in [0.05, 0.1) is 23.2 Å². The molecule has 2 atom stereocenters. The summed E-state index contributed by atoms with van der Waals surface area (Å²) in [5.41, 5.74) is 4.41. The third-order valence-corrected chi connectivity index (χ3v) is 10.7. The number of likely N-dealkylation sites (tertiary alicyclic amines) is 1. The number of amides is 2. The molecule has 3 aliphatic rings. The van der Waals surface area contributed by atoms with Crippen LogP contribution in [-0.2, 0) is 16.6 Å². The van der Waals surface area contributed by atoms with Gasteiger partial charge in [0, 0.05) is 35.4 Å². The molecule has 2 amide bonds. The molecule has 1 saturated carbocycles. The SMILES string of the molecule is Cc1c(Br)cccc1OC1CCC(CCCCN2CC[C@@H](c3ccc4c([C@@H]5CCC(=O)NC5=O)nn(C)c4c3)C2)CC1. The van der Waals surface area contributed by atoms with Crippen LogP contribution in [0.1, 0.15) is 92.9 Å². The van der Waals surface area contributed by atoms with Crippen LogP contribution in [0.2, 0.25) is 0 Å². The molecule has 3 fully saturated rings. The standard InChI is InChI=1S/C34H43BrN4O3/c1-22-29(35)7-5-8-31(22)42-26-12-9-23(10-13-26)6-3-4-18-39-19-17-25(21-39)24-11-14-27-30(20-24)38(2)37-33(27)28-15-16-32(40)36-34(28)41/h5,7-8,11,14,20,23,25-26,28H,3-4,6,9-10,12-13,15-19,21H2,1-2H3,(H,36,40,41)/t23?,25-,26?,28+/m1/s1. The number of ether oxygens (including phenoxy) is 1. The lowest BCUT2D eigenvalue weighted by Gasteiger charge is -2.29. The lowest BCUT2D eigenvalue weighted by atomic mass is 9.84. The molecule has 224 valence electrons. The van der Waals surface area contributed by atoms with Crippen molar-refractivity contribution in [3.63, 3.8) is 0 Å². The molecule has 1 N–H and O–H groups in total. The number of benzene rings is 2. The van der Waals surface area contributed by atoms with Crippen molar-refractivity contribution in [3.05, 3.63) is 57.7 Å². The van der Waals surface area contributed by atoms with Crippen molar-refractivity contribution in [3.8, 4) is 5.75 Å². The highest BCUT2D eigenvalue weighted by Crippen LogP contribution is 2.35. The Labute approximate surface area is 257 Å². The minimum atomic E-state index is -0.358. The Bertz CT molecular complexity index is 1440. The fraction of sp³-hybridized carbons (Fsp3) is 0.559. The minimum Gasteiger partial charge on any atom is -0.490 e. The Balaban J connectivity index is 0.942. The Hall–Kier alpha value is -2.71. The quantitative estimate of drug-likeness (QED) is 0.208. The molecular formula is C34H43BrN4O3. The number of carbonyl (C=O) groups excluding carboxylic acids is 2. The molecule has 6 rings (SSSR count). The van der Waals surface area contributed by atoms with Crippen molar-refractivity contribution in [2.75, 3.05) is 19.6 Å². The van der Waals surface area contributed by atoms with Gasteiger partial charge in [-0.2, -0.15) is 5.10 Å². The largest absolute Gasteiger partial charge is 0.490 e. The van der Waals surface area contributed by atoms with Crippen LogP contribution in [0.3, 0.4) is 0 Å². The van der Waals surface area contributed by atoms with Gasteiger partial charge in [0.25, 0.3) is 0 Å². The molecule has 42 heavy (non-hydrogen) atoms. The zero-order valence-corrected chi connectivity index (χ0v) is 26.5. The number of hydrogen-bond donors (Lipinski definition) is 1. The number of aryl methyl sites for hydroxylation is 1. The topological polar surface area (TPSA) is 76.5 Å². The van der Waals surface area contributed by atoms with Gasteiger partial charge in [-0.3, -0.25) is 19.6 Å². The van der Waals surface area contributed by atoms with Crippen molar-refractivity contribution in [2.24, 2.45) is 13.0 Å². The second-order valence-corrected chi connectivity index (χ2v) is 13.5. The van der Waals surface area contributed by atoms with Crippen molar-refractivity contribution >= 4 is 38.6 Å². The van der Waals surface area contributed by atoms with E-state index in [1.165, 1.54) is 69.0 Å². The molecule has 8 heteroatoms. The smallest absolute Gasteiger partial charge is 0.235 e. The van der Waals surface area contributed by atoms with E-state index in [0.29, 0.717) is 24.9 Å². The fourth-order valence-corrected chi connectivity index (χ4v) is 7.63. The number of halogens is 1. The highest BCUT2D eigenvalue weighted by molar-refractivity contribution is 9.10. The molecule has 3 aromatic rings. The molecule has 0 bridgehead atoms. The Kier molecular flexibility index (Phi) is 9.01. The first-order valence-corrected chi connectivity index (χ1v) is 16.6. The molecule has 0 spiro atoms. The molecule has 1 aliphatic carbocycles. The number of carbonyl (C=O) groups is 2. The Morgan fingerprint density at radius 1 is 1.05 bits per heavy atom. The summed E-state index contributed by atoms with van der Waals surface area (Å²) in [6.45, 7) is 5.58. The van der Waals surface area contributed by atoms with Crippen molar-refractivity contribution in [2.45, 2.75) is 89.1 Å². The van der Waals surface area contributed by atoms with Crippen LogP contribution in [0, 0.1) is 12.8 Å². The molecular weight excluding hydrogens is 592 g/mol. The summed E-state index contributed by atoms with van der Waals surface area (Å²) in [5.74, 6) is 1.63. The number of piperidine rings is 1. The van der Waals surface area contributed by atoms with Gasteiger partial charge in [-0.15, -0.1) is 0 Å². The van der Waals surface area contributed by atoms with Gasteiger partial charge in [0.2, 0.25) is 11.8 Å². The van der Waals surface area contributed by atoms with E-state index in [0.717, 1.165) is 45.8 Å². The van der Waals surface area contributed by atoms with E-state index in [9.17, 15) is 9.59 Å². The molecule has 2 aliphatic heterocycles. The minimum absolute atomic E-state index is 0.190. The van der Waals surface area contributed by atoms with Crippen LogP contribution in [0.15, 0.2) is 40.9 Å². The van der Waals surface area contributed by atoms with Gasteiger partial charge in [0.1, 0.15) is 5.75 Å². The van der Waals surface area contributed by atoms with E-state index in [1.807, 2.05) is 11.7 Å². The Morgan fingerprint density at radius 2 is 1.88 bits per heavy atom. The summed E-state index contributed by atoms with van der Waals surface area (Å²) in [6, 6.07) is 12.9. The van der Waals surface area contributed by atoms with E-state index in [4.69, 9.17) is 9.84 Å². The van der Waals surface area contributed by atoms with Gasteiger partial charge in [-0.05, 0) is 101 Å². The number of aromatic nitrogens is 2. The zero-order valence-electron chi connectivity index (χ0n) is 24.9. The molecule has 2 aromatic carbocycles. The third kappa shape index (κ3) is 6.45. The number of nitrogens with one attached hydrogen (secondary N) is 1. The molecule has 0 radical (unpaired) electrons. The summed E-state index contributed by atoms with van der Waals surface area (Å²) in [5, 5.41) is 8.21. The average molecular weight is 636 g/mol. The second kappa shape index (κ2) is 12.9. The van der Waals surface area contributed by atoms with Gasteiger partial charge in [0.15, 0.2) is 0 Å². The fourth-order valence-electron chi connectivity index (χ4n) is 7.28. The number of nitrogens with zero attached hydrogens (tertiary/aromatic N) is 3. The summed E-state index contributed by atoms with van der Waals surface area (Å²) in [4.78, 5) is 26.7. The van der Waals surface area contributed by atoms with Crippen LogP contribution in [-0.4, -0.2) is 52.2 Å². The van der Waals surface area contributed by atoms with Crippen molar-refractivity contribution < 1.29 is 14.3 Å². The maximum Gasteiger partial charge on any atom is 0.235 e.